The van der Waals surface area contributed by atoms with Crippen molar-refractivity contribution in [2.24, 2.45) is 0 Å². The first-order valence-corrected chi connectivity index (χ1v) is 4.41. The Morgan fingerprint density at radius 1 is 1.64 bits per heavy atom. The van der Waals surface area contributed by atoms with Crippen molar-refractivity contribution in [3.05, 3.63) is 0 Å². The van der Waals surface area contributed by atoms with E-state index < -0.39 is 0 Å². The van der Waals surface area contributed by atoms with E-state index >= 15 is 0 Å². The summed E-state index contributed by atoms with van der Waals surface area (Å²) in [5.74, 6) is 0. The third-order valence-electron chi connectivity index (χ3n) is 2.33. The number of likely N-dealkylation sites (tertiary alicyclic amines) is 1. The van der Waals surface area contributed by atoms with Crippen LogP contribution in [0.2, 0.25) is 0 Å². The second kappa shape index (κ2) is 4.70. The Labute approximate surface area is 68.7 Å². The van der Waals surface area contributed by atoms with Crippen LogP contribution in [0.15, 0.2) is 0 Å². The molecule has 1 aliphatic rings. The van der Waals surface area contributed by atoms with Gasteiger partial charge in [0.05, 0.1) is 6.61 Å². The van der Waals surface area contributed by atoms with Crippen LogP contribution in [0.4, 0.5) is 0 Å². The van der Waals surface area contributed by atoms with E-state index in [9.17, 15) is 0 Å². The smallest absolute Gasteiger partial charge is 0.0837 e. The Morgan fingerprint density at radius 3 is 3.09 bits per heavy atom. The van der Waals surface area contributed by atoms with Crippen molar-refractivity contribution in [2.45, 2.75) is 25.8 Å². The highest BCUT2D eigenvalue weighted by Gasteiger charge is 2.22. The molecular weight excluding hydrogens is 140 g/mol. The van der Waals surface area contributed by atoms with Gasteiger partial charge in [0.15, 0.2) is 0 Å². The summed E-state index contributed by atoms with van der Waals surface area (Å²) in [6, 6.07) is 0.646. The fraction of sp³-hybridized carbons (Fsp3) is 1.00. The number of hydrogen-bond donors (Lipinski definition) is 1. The number of likely N-dealkylation sites (N-methyl/N-ethyl adjacent to an activating group) is 1. The van der Waals surface area contributed by atoms with Crippen molar-refractivity contribution in [2.75, 3.05) is 26.7 Å². The first-order valence-electron chi connectivity index (χ1n) is 4.41. The van der Waals surface area contributed by atoms with Crippen LogP contribution in [0, 0.1) is 0 Å². The molecule has 11 heavy (non-hydrogen) atoms. The zero-order chi connectivity index (χ0) is 8.10. The van der Waals surface area contributed by atoms with Gasteiger partial charge < -0.3 is 4.84 Å². The summed E-state index contributed by atoms with van der Waals surface area (Å²) in [5, 5.41) is 0. The summed E-state index contributed by atoms with van der Waals surface area (Å²) in [6.07, 6.45) is 2.61. The van der Waals surface area contributed by atoms with Gasteiger partial charge in [-0.15, -0.1) is 0 Å². The van der Waals surface area contributed by atoms with E-state index in [-0.39, 0.29) is 0 Å². The van der Waals surface area contributed by atoms with E-state index in [1.54, 1.807) is 0 Å². The molecule has 1 atom stereocenters. The van der Waals surface area contributed by atoms with Gasteiger partial charge in [-0.2, -0.15) is 0 Å². The normalized spacial score (nSPS) is 26.2. The minimum absolute atomic E-state index is 0.646. The average Bonchev–Trinajstić information content (AvgIpc) is 2.47. The Kier molecular flexibility index (Phi) is 3.83. The number of hydroxylamine groups is 1. The lowest BCUT2D eigenvalue weighted by molar-refractivity contribution is 0.0211. The molecule has 0 radical (unpaired) electrons. The molecule has 0 aromatic heterocycles. The van der Waals surface area contributed by atoms with Crippen LogP contribution < -0.4 is 5.48 Å². The first kappa shape index (κ1) is 8.97. The highest BCUT2D eigenvalue weighted by atomic mass is 16.6. The Morgan fingerprint density at radius 2 is 2.45 bits per heavy atom. The molecule has 0 aromatic carbocycles. The van der Waals surface area contributed by atoms with Gasteiger partial charge in [-0.25, -0.2) is 5.48 Å². The summed E-state index contributed by atoms with van der Waals surface area (Å²) in [5.41, 5.74) is 2.71. The van der Waals surface area contributed by atoms with Gasteiger partial charge in [-0.1, -0.05) is 6.92 Å². The molecule has 1 rings (SSSR count). The summed E-state index contributed by atoms with van der Waals surface area (Å²) < 4.78 is 0. The number of nitrogens with one attached hydrogen (secondary N) is 1. The molecule has 1 saturated heterocycles. The highest BCUT2D eigenvalue weighted by Crippen LogP contribution is 2.15. The predicted octanol–water partition coefficient (Wildman–Crippen LogP) is 0.622. The minimum atomic E-state index is 0.646. The molecule has 1 aliphatic heterocycles. The van der Waals surface area contributed by atoms with E-state index in [2.05, 4.69) is 17.3 Å². The van der Waals surface area contributed by atoms with Gasteiger partial charge in [-0.05, 0) is 25.9 Å². The molecule has 1 unspecified atom stereocenters. The summed E-state index contributed by atoms with van der Waals surface area (Å²) in [7, 11) is 1.81. The zero-order valence-electron chi connectivity index (χ0n) is 7.47. The molecular formula is C8H18N2O. The maximum Gasteiger partial charge on any atom is 0.0837 e. The molecule has 3 nitrogen and oxygen atoms in total. The summed E-state index contributed by atoms with van der Waals surface area (Å²) in [6.45, 7) is 5.42. The lowest BCUT2D eigenvalue weighted by Crippen LogP contribution is -2.34. The fourth-order valence-corrected chi connectivity index (χ4v) is 1.68. The Bertz CT molecular complexity index is 108. The van der Waals surface area contributed by atoms with Crippen LogP contribution in [0.3, 0.4) is 0 Å². The average molecular weight is 158 g/mol. The summed E-state index contributed by atoms with van der Waals surface area (Å²) >= 11 is 0. The minimum Gasteiger partial charge on any atom is -0.300 e. The molecule has 0 amide bonds. The molecule has 0 aliphatic carbocycles. The molecule has 0 spiro atoms. The van der Waals surface area contributed by atoms with E-state index in [0.29, 0.717) is 6.04 Å². The van der Waals surface area contributed by atoms with Crippen LogP contribution >= 0.6 is 0 Å². The predicted molar refractivity (Wildman–Crippen MR) is 45.3 cm³/mol. The van der Waals surface area contributed by atoms with Crippen LogP contribution in [0.25, 0.3) is 0 Å². The molecule has 0 bridgehead atoms. The van der Waals surface area contributed by atoms with Crippen LogP contribution in [-0.4, -0.2) is 37.7 Å². The highest BCUT2D eigenvalue weighted by molar-refractivity contribution is 4.77. The van der Waals surface area contributed by atoms with Crippen molar-refractivity contribution >= 4 is 0 Å². The van der Waals surface area contributed by atoms with Gasteiger partial charge in [-0.3, -0.25) is 4.90 Å². The molecule has 0 aromatic rings. The second-order valence-electron chi connectivity index (χ2n) is 2.94. The van der Waals surface area contributed by atoms with Gasteiger partial charge in [0, 0.05) is 13.1 Å². The standard InChI is InChI=1S/C8H18N2O/c1-3-10-6-4-5-8(10)7-11-9-2/h8-9H,3-7H2,1-2H3. The van der Waals surface area contributed by atoms with Crippen molar-refractivity contribution in [3.63, 3.8) is 0 Å². The monoisotopic (exact) mass is 158 g/mol. The maximum atomic E-state index is 5.16. The molecule has 1 fully saturated rings. The van der Waals surface area contributed by atoms with Gasteiger partial charge in [0.1, 0.15) is 0 Å². The largest absolute Gasteiger partial charge is 0.300 e. The zero-order valence-corrected chi connectivity index (χ0v) is 7.47. The van der Waals surface area contributed by atoms with Crippen LogP contribution in [-0.2, 0) is 4.84 Å². The van der Waals surface area contributed by atoms with Gasteiger partial charge in [0.25, 0.3) is 0 Å². The van der Waals surface area contributed by atoms with E-state index in [4.69, 9.17) is 4.84 Å². The Balaban J connectivity index is 2.20. The van der Waals surface area contributed by atoms with E-state index in [0.717, 1.165) is 13.2 Å². The number of nitrogens with zero attached hydrogens (tertiary/aromatic N) is 1. The van der Waals surface area contributed by atoms with Crippen LogP contribution in [0.5, 0.6) is 0 Å². The first-order chi connectivity index (χ1) is 5.38. The third kappa shape index (κ3) is 2.43. The SMILES string of the molecule is CCN1CCCC1CONC. The molecule has 66 valence electrons. The third-order valence-corrected chi connectivity index (χ3v) is 2.33. The van der Waals surface area contributed by atoms with Crippen molar-refractivity contribution < 1.29 is 4.84 Å². The molecule has 1 heterocycles. The number of hydrogen-bond acceptors (Lipinski definition) is 3. The van der Waals surface area contributed by atoms with Crippen molar-refractivity contribution in [1.29, 1.82) is 0 Å². The van der Waals surface area contributed by atoms with Gasteiger partial charge in [0.2, 0.25) is 0 Å². The lowest BCUT2D eigenvalue weighted by Gasteiger charge is -2.21. The van der Waals surface area contributed by atoms with Crippen molar-refractivity contribution in [1.82, 2.24) is 10.4 Å². The molecule has 3 heteroatoms. The molecule has 0 saturated carbocycles. The fourth-order valence-electron chi connectivity index (χ4n) is 1.68. The van der Waals surface area contributed by atoms with Crippen LogP contribution in [0.1, 0.15) is 19.8 Å². The lowest BCUT2D eigenvalue weighted by atomic mass is 10.2. The van der Waals surface area contributed by atoms with Crippen molar-refractivity contribution in [3.8, 4) is 0 Å². The summed E-state index contributed by atoms with van der Waals surface area (Å²) in [4.78, 5) is 7.63. The van der Waals surface area contributed by atoms with E-state index in [1.165, 1.54) is 19.4 Å². The van der Waals surface area contributed by atoms with Gasteiger partial charge >= 0.3 is 0 Å². The topological polar surface area (TPSA) is 24.5 Å². The second-order valence-corrected chi connectivity index (χ2v) is 2.94. The Hall–Kier alpha value is -0.120. The van der Waals surface area contributed by atoms with E-state index in [1.807, 2.05) is 7.05 Å². The maximum absolute atomic E-state index is 5.16. The molecule has 1 N–H and O–H groups in total. The quantitative estimate of drug-likeness (QED) is 0.607. The number of rotatable bonds is 4.